The van der Waals surface area contributed by atoms with Gasteiger partial charge in [0.2, 0.25) is 0 Å². The van der Waals surface area contributed by atoms with E-state index in [9.17, 15) is 0 Å². The van der Waals surface area contributed by atoms with Crippen LogP contribution in [-0.2, 0) is 25.9 Å². The highest BCUT2D eigenvalue weighted by molar-refractivity contribution is 14.0. The van der Waals surface area contributed by atoms with Crippen LogP contribution >= 0.6 is 35.3 Å². The van der Waals surface area contributed by atoms with Gasteiger partial charge >= 0.3 is 0 Å². The number of hydrogen-bond acceptors (Lipinski definition) is 4. The summed E-state index contributed by atoms with van der Waals surface area (Å²) in [6.07, 6.45) is 3.63. The second-order valence-corrected chi connectivity index (χ2v) is 7.16. The summed E-state index contributed by atoms with van der Waals surface area (Å²) in [4.78, 5) is 5.98. The molecule has 0 saturated carbocycles. The lowest BCUT2D eigenvalue weighted by molar-refractivity contribution is 0.631. The number of nitrogens with one attached hydrogen (secondary N) is 2. The van der Waals surface area contributed by atoms with Crippen LogP contribution < -0.4 is 10.6 Å². The molecule has 0 aliphatic rings. The Morgan fingerprint density at radius 1 is 1.11 bits per heavy atom. The third-order valence-electron chi connectivity index (χ3n) is 4.18. The fraction of sp³-hybridized carbons (Fsp3) is 0.350. The molecule has 28 heavy (non-hydrogen) atoms. The number of benzene rings is 1. The molecule has 0 spiro atoms. The summed E-state index contributed by atoms with van der Waals surface area (Å²) in [7, 11) is 0. The van der Waals surface area contributed by atoms with Crippen molar-refractivity contribution in [3.63, 3.8) is 0 Å². The van der Waals surface area contributed by atoms with Crippen LogP contribution in [0.1, 0.15) is 23.2 Å². The maximum absolute atomic E-state index is 4.72. The van der Waals surface area contributed by atoms with E-state index in [0.29, 0.717) is 6.54 Å². The van der Waals surface area contributed by atoms with Crippen LogP contribution in [0.3, 0.4) is 0 Å². The SMILES string of the molecule is CCc1nncn1CCNC(=NCc1cccs1)NCCc1ccccc1.I. The van der Waals surface area contributed by atoms with Gasteiger partial charge in [0, 0.05) is 30.9 Å². The van der Waals surface area contributed by atoms with Gasteiger partial charge in [-0.1, -0.05) is 43.3 Å². The van der Waals surface area contributed by atoms with Crippen LogP contribution in [-0.4, -0.2) is 33.8 Å². The van der Waals surface area contributed by atoms with E-state index in [1.54, 1.807) is 17.7 Å². The van der Waals surface area contributed by atoms with Crippen molar-refractivity contribution < 1.29 is 0 Å². The largest absolute Gasteiger partial charge is 0.356 e. The van der Waals surface area contributed by atoms with Gasteiger partial charge in [-0.25, -0.2) is 4.99 Å². The zero-order chi connectivity index (χ0) is 18.7. The fourth-order valence-electron chi connectivity index (χ4n) is 2.74. The predicted molar refractivity (Wildman–Crippen MR) is 126 cm³/mol. The van der Waals surface area contributed by atoms with E-state index >= 15 is 0 Å². The van der Waals surface area contributed by atoms with Crippen LogP contribution in [0.15, 0.2) is 59.2 Å². The molecule has 3 aromatic rings. The lowest BCUT2D eigenvalue weighted by Gasteiger charge is -2.13. The molecule has 150 valence electrons. The van der Waals surface area contributed by atoms with E-state index in [0.717, 1.165) is 44.3 Å². The van der Waals surface area contributed by atoms with Gasteiger partial charge in [0.15, 0.2) is 5.96 Å². The van der Waals surface area contributed by atoms with Gasteiger partial charge in [0.05, 0.1) is 6.54 Å². The van der Waals surface area contributed by atoms with Crippen LogP contribution in [0, 0.1) is 0 Å². The van der Waals surface area contributed by atoms with Gasteiger partial charge in [-0.05, 0) is 23.4 Å². The highest BCUT2D eigenvalue weighted by atomic mass is 127. The van der Waals surface area contributed by atoms with Crippen molar-refractivity contribution in [3.8, 4) is 0 Å². The molecule has 0 fully saturated rings. The Hall–Kier alpha value is -1.94. The number of aliphatic imine (C=N–C) groups is 1. The van der Waals surface area contributed by atoms with E-state index in [-0.39, 0.29) is 24.0 Å². The number of hydrogen-bond donors (Lipinski definition) is 2. The molecular formula is C20H27IN6S. The van der Waals surface area contributed by atoms with Crippen LogP contribution in [0.5, 0.6) is 0 Å². The summed E-state index contributed by atoms with van der Waals surface area (Å²) in [6.45, 7) is 5.20. The zero-order valence-electron chi connectivity index (χ0n) is 16.0. The van der Waals surface area contributed by atoms with Gasteiger partial charge in [-0.2, -0.15) is 0 Å². The molecule has 8 heteroatoms. The van der Waals surface area contributed by atoms with E-state index in [2.05, 4.69) is 74.1 Å². The molecule has 2 N–H and O–H groups in total. The molecule has 0 atom stereocenters. The Morgan fingerprint density at radius 2 is 1.93 bits per heavy atom. The zero-order valence-corrected chi connectivity index (χ0v) is 19.2. The van der Waals surface area contributed by atoms with Crippen molar-refractivity contribution in [3.05, 3.63) is 70.4 Å². The number of aryl methyl sites for hydroxylation is 1. The average molecular weight is 510 g/mol. The first-order chi connectivity index (χ1) is 13.3. The highest BCUT2D eigenvalue weighted by Gasteiger charge is 2.03. The molecule has 0 amide bonds. The number of thiophene rings is 1. The molecular weight excluding hydrogens is 483 g/mol. The normalized spacial score (nSPS) is 11.1. The Morgan fingerprint density at radius 3 is 2.68 bits per heavy atom. The minimum atomic E-state index is 0. The molecule has 1 aromatic carbocycles. The molecule has 3 rings (SSSR count). The quantitative estimate of drug-likeness (QED) is 0.263. The second kappa shape index (κ2) is 12.5. The van der Waals surface area contributed by atoms with Gasteiger partial charge in [-0.3, -0.25) is 0 Å². The summed E-state index contributed by atoms with van der Waals surface area (Å²) < 4.78 is 2.08. The second-order valence-electron chi connectivity index (χ2n) is 6.13. The summed E-state index contributed by atoms with van der Waals surface area (Å²) in [5, 5.41) is 17.1. The smallest absolute Gasteiger partial charge is 0.191 e. The number of aromatic nitrogens is 3. The van der Waals surface area contributed by atoms with Gasteiger partial charge in [0.1, 0.15) is 12.2 Å². The predicted octanol–water partition coefficient (Wildman–Crippen LogP) is 3.50. The fourth-order valence-corrected chi connectivity index (χ4v) is 3.37. The Balaban J connectivity index is 0.00000280. The van der Waals surface area contributed by atoms with Crippen molar-refractivity contribution in [2.75, 3.05) is 13.1 Å². The monoisotopic (exact) mass is 510 g/mol. The van der Waals surface area contributed by atoms with E-state index < -0.39 is 0 Å². The molecule has 2 aromatic heterocycles. The Labute approximate surface area is 187 Å². The van der Waals surface area contributed by atoms with Gasteiger partial charge < -0.3 is 15.2 Å². The first-order valence-corrected chi connectivity index (χ1v) is 10.2. The lowest BCUT2D eigenvalue weighted by atomic mass is 10.1. The summed E-state index contributed by atoms with van der Waals surface area (Å²) in [5.74, 6) is 1.84. The molecule has 2 heterocycles. The van der Waals surface area contributed by atoms with E-state index in [4.69, 9.17) is 4.99 Å². The highest BCUT2D eigenvalue weighted by Crippen LogP contribution is 2.09. The van der Waals surface area contributed by atoms with Crippen molar-refractivity contribution in [1.29, 1.82) is 0 Å². The Kier molecular flexibility index (Phi) is 9.98. The number of guanidine groups is 1. The van der Waals surface area contributed by atoms with Gasteiger partial charge in [-0.15, -0.1) is 45.5 Å². The van der Waals surface area contributed by atoms with Crippen LogP contribution in [0.25, 0.3) is 0 Å². The molecule has 0 unspecified atom stereocenters. The van der Waals surface area contributed by atoms with Crippen molar-refractivity contribution in [1.82, 2.24) is 25.4 Å². The molecule has 0 radical (unpaired) electrons. The minimum absolute atomic E-state index is 0. The van der Waals surface area contributed by atoms with Crippen molar-refractivity contribution >= 4 is 41.3 Å². The van der Waals surface area contributed by atoms with E-state index in [1.807, 2.05) is 6.07 Å². The summed E-state index contributed by atoms with van der Waals surface area (Å²) >= 11 is 1.73. The molecule has 0 saturated heterocycles. The maximum atomic E-state index is 4.72. The van der Waals surface area contributed by atoms with E-state index in [1.165, 1.54) is 10.4 Å². The van der Waals surface area contributed by atoms with Gasteiger partial charge in [0.25, 0.3) is 0 Å². The average Bonchev–Trinajstić information content (AvgIpc) is 3.38. The minimum Gasteiger partial charge on any atom is -0.356 e. The maximum Gasteiger partial charge on any atom is 0.191 e. The molecule has 0 bridgehead atoms. The number of nitrogens with zero attached hydrogens (tertiary/aromatic N) is 4. The molecule has 6 nitrogen and oxygen atoms in total. The first-order valence-electron chi connectivity index (χ1n) is 9.30. The topological polar surface area (TPSA) is 67.1 Å². The standard InChI is InChI=1S/C20H26N6S.HI/c1-2-19-25-24-16-26(19)13-12-22-20(23-15-18-9-6-14-27-18)21-11-10-17-7-4-3-5-8-17;/h3-9,14,16H,2,10-13,15H2,1H3,(H2,21,22,23);1H. The van der Waals surface area contributed by atoms with Crippen LogP contribution in [0.4, 0.5) is 0 Å². The summed E-state index contributed by atoms with van der Waals surface area (Å²) in [6, 6.07) is 14.7. The first kappa shape index (κ1) is 22.4. The number of rotatable bonds is 9. The summed E-state index contributed by atoms with van der Waals surface area (Å²) in [5.41, 5.74) is 1.32. The molecule has 0 aliphatic heterocycles. The lowest BCUT2D eigenvalue weighted by Crippen LogP contribution is -2.40. The van der Waals surface area contributed by atoms with Crippen LogP contribution in [0.2, 0.25) is 0 Å². The number of halogens is 1. The Bertz CT molecular complexity index is 816. The van der Waals surface area contributed by atoms with Crippen molar-refractivity contribution in [2.24, 2.45) is 4.99 Å². The third-order valence-corrected chi connectivity index (χ3v) is 5.04. The molecule has 0 aliphatic carbocycles. The van der Waals surface area contributed by atoms with Crippen molar-refractivity contribution in [2.45, 2.75) is 32.9 Å². The third kappa shape index (κ3) is 7.23.